The predicted molar refractivity (Wildman–Crippen MR) is 134 cm³/mol. The lowest BCUT2D eigenvalue weighted by Gasteiger charge is -2.25. The van der Waals surface area contributed by atoms with Gasteiger partial charge in [-0.25, -0.2) is 9.79 Å². The second-order valence-corrected chi connectivity index (χ2v) is 8.10. The van der Waals surface area contributed by atoms with Crippen LogP contribution in [0.2, 0.25) is 0 Å². The molecule has 0 amide bonds. The van der Waals surface area contributed by atoms with Crippen LogP contribution in [0.1, 0.15) is 16.7 Å². The largest absolute Gasteiger partial charge is 0.467 e. The minimum Gasteiger partial charge on any atom is -0.467 e. The first-order valence-corrected chi connectivity index (χ1v) is 10.9. The van der Waals surface area contributed by atoms with Crippen LogP contribution in [0.25, 0.3) is 10.9 Å². The average molecular weight is 441 g/mol. The molecule has 6 nitrogen and oxygen atoms in total. The fraction of sp³-hybridized carbons (Fsp3) is 0.185. The van der Waals surface area contributed by atoms with Crippen molar-refractivity contribution in [2.75, 3.05) is 12.0 Å². The number of aromatic amines is 1. The van der Waals surface area contributed by atoms with Crippen molar-refractivity contribution in [1.29, 1.82) is 0 Å². The highest BCUT2D eigenvalue weighted by atomic mass is 16.5. The molecule has 0 saturated carbocycles. The van der Waals surface area contributed by atoms with Gasteiger partial charge in [-0.3, -0.25) is 4.90 Å². The van der Waals surface area contributed by atoms with E-state index in [1.165, 1.54) is 7.11 Å². The molecule has 3 N–H and O–H groups in total. The van der Waals surface area contributed by atoms with Gasteiger partial charge in [0.25, 0.3) is 0 Å². The quantitative estimate of drug-likeness (QED) is 0.250. The number of guanidine groups is 1. The summed E-state index contributed by atoms with van der Waals surface area (Å²) in [5.74, 6) is -0.214. The Bertz CT molecular complexity index is 1230. The predicted octanol–water partition coefficient (Wildman–Crippen LogP) is 5.02. The van der Waals surface area contributed by atoms with Gasteiger partial charge >= 0.3 is 5.97 Å². The summed E-state index contributed by atoms with van der Waals surface area (Å²) in [7, 11) is 1.37. The highest BCUT2D eigenvalue weighted by Crippen LogP contribution is 2.27. The Morgan fingerprint density at radius 1 is 0.970 bits per heavy atom. The normalized spacial score (nSPS) is 12.5. The summed E-state index contributed by atoms with van der Waals surface area (Å²) in [5, 5.41) is 1.05. The molecule has 4 rings (SSSR count). The molecule has 1 unspecified atom stereocenters. The van der Waals surface area contributed by atoms with E-state index in [-0.39, 0.29) is 5.96 Å². The Morgan fingerprint density at radius 3 is 2.12 bits per heavy atom. The zero-order valence-electron chi connectivity index (χ0n) is 19.1. The number of nitrogens with two attached hydrogens (primary N) is 1. The third-order valence-electron chi connectivity index (χ3n) is 5.66. The van der Waals surface area contributed by atoms with Crippen LogP contribution >= 0.6 is 0 Å². The van der Waals surface area contributed by atoms with Crippen molar-refractivity contribution >= 4 is 34.2 Å². The fourth-order valence-corrected chi connectivity index (χ4v) is 3.85. The summed E-state index contributed by atoms with van der Waals surface area (Å²) in [6.45, 7) is 4.07. The average Bonchev–Trinajstić information content (AvgIpc) is 3.23. The van der Waals surface area contributed by atoms with E-state index in [0.717, 1.165) is 39.0 Å². The molecule has 0 spiro atoms. The number of fused-ring (bicyclic) bond motifs is 1. The summed E-state index contributed by atoms with van der Waals surface area (Å²) < 4.78 is 5.07. The number of esters is 1. The van der Waals surface area contributed by atoms with Gasteiger partial charge in [0, 0.05) is 34.9 Å². The number of carbonyl (C=O) groups is 1. The molecular weight excluding hydrogens is 412 g/mol. The second-order valence-electron chi connectivity index (χ2n) is 8.10. The Kier molecular flexibility index (Phi) is 6.45. The molecule has 0 radical (unpaired) electrons. The number of anilines is 2. The molecule has 0 bridgehead atoms. The van der Waals surface area contributed by atoms with Crippen LogP contribution in [0.4, 0.5) is 11.4 Å². The second kappa shape index (κ2) is 9.61. The molecule has 1 heterocycles. The van der Waals surface area contributed by atoms with Gasteiger partial charge in [-0.05, 0) is 49.7 Å². The number of ether oxygens (including phenoxy) is 1. The zero-order valence-corrected chi connectivity index (χ0v) is 19.1. The molecule has 4 aromatic rings. The van der Waals surface area contributed by atoms with Crippen molar-refractivity contribution in [3.8, 4) is 0 Å². The van der Waals surface area contributed by atoms with Gasteiger partial charge in [0.2, 0.25) is 5.96 Å². The molecule has 3 aromatic carbocycles. The lowest BCUT2D eigenvalue weighted by atomic mass is 10.1. The molecule has 6 heteroatoms. The third kappa shape index (κ3) is 4.90. The van der Waals surface area contributed by atoms with E-state index in [1.807, 2.05) is 97.7 Å². The van der Waals surface area contributed by atoms with Gasteiger partial charge in [-0.15, -0.1) is 0 Å². The van der Waals surface area contributed by atoms with Gasteiger partial charge in [0.1, 0.15) is 0 Å². The summed E-state index contributed by atoms with van der Waals surface area (Å²) in [5.41, 5.74) is 12.6. The number of aliphatic imine (C=N–C) groups is 1. The molecule has 0 aliphatic rings. The molecule has 1 atom stereocenters. The number of aromatic nitrogens is 1. The highest BCUT2D eigenvalue weighted by Gasteiger charge is 2.23. The van der Waals surface area contributed by atoms with Crippen LogP contribution in [0.15, 0.2) is 84.0 Å². The molecule has 0 saturated heterocycles. The van der Waals surface area contributed by atoms with E-state index in [9.17, 15) is 4.79 Å². The lowest BCUT2D eigenvalue weighted by Crippen LogP contribution is -2.37. The molecule has 168 valence electrons. The van der Waals surface area contributed by atoms with Gasteiger partial charge in [-0.1, -0.05) is 53.6 Å². The number of hydrogen-bond acceptors (Lipinski definition) is 3. The summed E-state index contributed by atoms with van der Waals surface area (Å²) in [4.78, 5) is 22.4. The van der Waals surface area contributed by atoms with Crippen LogP contribution in [0, 0.1) is 13.8 Å². The lowest BCUT2D eigenvalue weighted by molar-refractivity contribution is -0.142. The number of hydrogen-bond donors (Lipinski definition) is 2. The van der Waals surface area contributed by atoms with Crippen molar-refractivity contribution in [1.82, 2.24) is 4.98 Å². The van der Waals surface area contributed by atoms with Gasteiger partial charge < -0.3 is 15.5 Å². The molecule has 0 aliphatic heterocycles. The van der Waals surface area contributed by atoms with Gasteiger partial charge in [0.05, 0.1) is 7.11 Å². The number of aryl methyl sites for hydroxylation is 2. The van der Waals surface area contributed by atoms with Crippen molar-refractivity contribution < 1.29 is 9.53 Å². The van der Waals surface area contributed by atoms with Gasteiger partial charge in [-0.2, -0.15) is 0 Å². The van der Waals surface area contributed by atoms with Crippen molar-refractivity contribution in [2.24, 2.45) is 10.7 Å². The molecule has 0 fully saturated rings. The first kappa shape index (κ1) is 22.1. The molecule has 0 aliphatic carbocycles. The van der Waals surface area contributed by atoms with E-state index in [2.05, 4.69) is 9.98 Å². The minimum atomic E-state index is -0.785. The topological polar surface area (TPSA) is 83.7 Å². The molecule has 1 aromatic heterocycles. The smallest absolute Gasteiger partial charge is 0.331 e. The summed E-state index contributed by atoms with van der Waals surface area (Å²) in [6, 6.07) is 23.2. The van der Waals surface area contributed by atoms with Crippen molar-refractivity contribution in [2.45, 2.75) is 26.3 Å². The van der Waals surface area contributed by atoms with Crippen LogP contribution < -0.4 is 10.6 Å². The first-order chi connectivity index (χ1) is 16.0. The number of nitrogens with zero attached hydrogens (tertiary/aromatic N) is 2. The maximum Gasteiger partial charge on any atom is 0.331 e. The van der Waals surface area contributed by atoms with Gasteiger partial charge in [0.15, 0.2) is 6.04 Å². The number of nitrogens with one attached hydrogen (secondary N) is 1. The number of benzene rings is 3. The van der Waals surface area contributed by atoms with Crippen LogP contribution in [0.5, 0.6) is 0 Å². The Labute approximate surface area is 193 Å². The molecular formula is C27H28N4O2. The Hall–Kier alpha value is -4.06. The Balaban J connectivity index is 1.73. The SMILES string of the molecule is COC(=O)C(Cc1c[nH]c2ccccc12)N=C(N)N(c1ccc(C)cc1)c1ccc(C)cc1. The van der Waals surface area contributed by atoms with E-state index >= 15 is 0 Å². The van der Waals surface area contributed by atoms with E-state index in [1.54, 1.807) is 0 Å². The van der Waals surface area contributed by atoms with Crippen LogP contribution in [-0.2, 0) is 16.0 Å². The van der Waals surface area contributed by atoms with E-state index in [0.29, 0.717) is 6.42 Å². The Morgan fingerprint density at radius 2 is 1.55 bits per heavy atom. The van der Waals surface area contributed by atoms with Crippen molar-refractivity contribution in [3.63, 3.8) is 0 Å². The fourth-order valence-electron chi connectivity index (χ4n) is 3.85. The summed E-state index contributed by atoms with van der Waals surface area (Å²) >= 11 is 0. The summed E-state index contributed by atoms with van der Waals surface area (Å²) in [6.07, 6.45) is 2.27. The highest BCUT2D eigenvalue weighted by molar-refractivity contribution is 6.02. The van der Waals surface area contributed by atoms with E-state index in [4.69, 9.17) is 10.5 Å². The number of H-pyrrole nitrogens is 1. The van der Waals surface area contributed by atoms with Crippen LogP contribution in [0.3, 0.4) is 0 Å². The number of para-hydroxylation sites is 1. The minimum absolute atomic E-state index is 0.220. The zero-order chi connectivity index (χ0) is 23.4. The monoisotopic (exact) mass is 440 g/mol. The standard InChI is InChI=1S/C27H28N4O2/c1-18-8-12-21(13-9-18)31(22-14-10-19(2)11-15-22)27(28)30-25(26(32)33-3)16-20-17-29-24-7-5-4-6-23(20)24/h4-15,17,25,29H,16H2,1-3H3,(H2,28,30). The molecule has 33 heavy (non-hydrogen) atoms. The van der Waals surface area contributed by atoms with E-state index < -0.39 is 12.0 Å². The number of methoxy groups -OCH3 is 1. The van der Waals surface area contributed by atoms with Crippen molar-refractivity contribution in [3.05, 3.63) is 95.7 Å². The maximum atomic E-state index is 12.7. The number of carbonyl (C=O) groups excluding carboxylic acids is 1. The van der Waals surface area contributed by atoms with Crippen LogP contribution in [-0.4, -0.2) is 30.1 Å². The maximum absolute atomic E-state index is 12.7. The first-order valence-electron chi connectivity index (χ1n) is 10.9. The number of rotatable bonds is 6. The third-order valence-corrected chi connectivity index (χ3v) is 5.66.